The molecule has 5 rings (SSSR count). The lowest BCUT2D eigenvalue weighted by atomic mass is 9.83. The molecule has 1 aliphatic heterocycles. The van der Waals surface area contributed by atoms with E-state index in [0.717, 1.165) is 16.9 Å². The summed E-state index contributed by atoms with van der Waals surface area (Å²) in [6.45, 7) is 7.28. The summed E-state index contributed by atoms with van der Waals surface area (Å²) >= 11 is 0. The molecule has 30 heavy (non-hydrogen) atoms. The number of hydrogen-bond donors (Lipinski definition) is 0. The fourth-order valence-electron chi connectivity index (χ4n) is 4.51. The molecule has 0 saturated carbocycles. The van der Waals surface area contributed by atoms with Crippen LogP contribution in [0.1, 0.15) is 16.7 Å². The average molecular weight is 407 g/mol. The van der Waals surface area contributed by atoms with Crippen LogP contribution in [0.5, 0.6) is 5.75 Å². The summed E-state index contributed by atoms with van der Waals surface area (Å²) in [7, 11) is -1.70. The van der Waals surface area contributed by atoms with E-state index in [9.17, 15) is 0 Å². The Hall–Kier alpha value is -3.10. The topological polar surface area (TPSA) is 9.23 Å². The molecule has 1 aliphatic rings. The zero-order valence-electron chi connectivity index (χ0n) is 17.7. The number of hydrogen-bond acceptors (Lipinski definition) is 1. The van der Waals surface area contributed by atoms with Gasteiger partial charge in [-0.25, -0.2) is 0 Å². The van der Waals surface area contributed by atoms with Gasteiger partial charge in [-0.05, 0) is 28.1 Å². The van der Waals surface area contributed by atoms with Crippen molar-refractivity contribution in [3.63, 3.8) is 0 Å². The molecule has 1 heterocycles. The van der Waals surface area contributed by atoms with E-state index in [1.165, 1.54) is 21.5 Å². The molecule has 1 nitrogen and oxygen atoms in total. The van der Waals surface area contributed by atoms with Crippen LogP contribution < -0.4 is 4.74 Å². The van der Waals surface area contributed by atoms with E-state index in [-0.39, 0.29) is 0 Å². The summed E-state index contributed by atoms with van der Waals surface area (Å²) in [4.78, 5) is 0. The Balaban J connectivity index is 1.87. The molecule has 148 valence electrons. The quantitative estimate of drug-likeness (QED) is 0.321. The van der Waals surface area contributed by atoms with Gasteiger partial charge >= 0.3 is 0 Å². The van der Waals surface area contributed by atoms with Crippen LogP contribution in [0.3, 0.4) is 0 Å². The number of rotatable bonds is 3. The monoisotopic (exact) mass is 406 g/mol. The van der Waals surface area contributed by atoms with Crippen molar-refractivity contribution in [3.8, 4) is 5.75 Å². The lowest BCUT2D eigenvalue weighted by Gasteiger charge is -2.41. The lowest BCUT2D eigenvalue weighted by Crippen LogP contribution is -2.38. The standard InChI is InChI=1S/C28H26OSi/c1-30(2,3)26-20-28(22-13-6-4-7-14-22,23-15-8-5-9-16-23)29-25-19-18-21-12-10-11-17-24(21)27(25)26/h4-20H,1-3H3. The molecule has 2 heteroatoms. The van der Waals surface area contributed by atoms with Gasteiger partial charge < -0.3 is 4.74 Å². The van der Waals surface area contributed by atoms with Crippen LogP contribution in [0.15, 0.2) is 103 Å². The van der Waals surface area contributed by atoms with Gasteiger partial charge in [0.1, 0.15) is 5.75 Å². The Morgan fingerprint density at radius 3 is 1.80 bits per heavy atom. The minimum atomic E-state index is -1.70. The largest absolute Gasteiger partial charge is 0.473 e. The summed E-state index contributed by atoms with van der Waals surface area (Å²) in [5, 5.41) is 3.99. The van der Waals surface area contributed by atoms with Crippen molar-refractivity contribution in [2.75, 3.05) is 0 Å². The first-order valence-corrected chi connectivity index (χ1v) is 14.0. The molecule has 4 aromatic rings. The summed E-state index contributed by atoms with van der Waals surface area (Å²) in [6, 6.07) is 34.2. The second-order valence-corrected chi connectivity index (χ2v) is 14.1. The maximum Gasteiger partial charge on any atom is 0.178 e. The highest BCUT2D eigenvalue weighted by molar-refractivity contribution is 6.94. The van der Waals surface area contributed by atoms with Gasteiger partial charge in [-0.15, -0.1) is 0 Å². The van der Waals surface area contributed by atoms with Crippen molar-refractivity contribution in [1.29, 1.82) is 0 Å². The summed E-state index contributed by atoms with van der Waals surface area (Å²) in [5.41, 5.74) is 2.96. The first-order chi connectivity index (χ1) is 14.5. The molecule has 0 radical (unpaired) electrons. The highest BCUT2D eigenvalue weighted by atomic mass is 28.3. The van der Waals surface area contributed by atoms with E-state index in [4.69, 9.17) is 4.74 Å². The van der Waals surface area contributed by atoms with Crippen molar-refractivity contribution >= 4 is 24.0 Å². The van der Waals surface area contributed by atoms with Gasteiger partial charge in [-0.2, -0.15) is 0 Å². The maximum absolute atomic E-state index is 6.97. The first-order valence-electron chi connectivity index (χ1n) is 10.5. The van der Waals surface area contributed by atoms with Gasteiger partial charge in [0.25, 0.3) is 0 Å². The SMILES string of the molecule is C[Si](C)(C)C1=CC(c2ccccc2)(c2ccccc2)Oc2ccc3ccccc3c21. The van der Waals surface area contributed by atoms with E-state index in [2.05, 4.69) is 123 Å². The Bertz CT molecular complexity index is 1190. The van der Waals surface area contributed by atoms with Crippen molar-refractivity contribution in [3.05, 3.63) is 120 Å². The zero-order chi connectivity index (χ0) is 20.8. The molecule has 0 N–H and O–H groups in total. The summed E-state index contributed by atoms with van der Waals surface area (Å²) in [5.74, 6) is 0.973. The zero-order valence-corrected chi connectivity index (χ0v) is 18.7. The van der Waals surface area contributed by atoms with Gasteiger partial charge in [-0.1, -0.05) is 111 Å². The predicted molar refractivity (Wildman–Crippen MR) is 130 cm³/mol. The third kappa shape index (κ3) is 3.00. The minimum absolute atomic E-state index is 0.631. The molecular weight excluding hydrogens is 380 g/mol. The van der Waals surface area contributed by atoms with Crippen LogP contribution >= 0.6 is 0 Å². The Morgan fingerprint density at radius 2 is 1.20 bits per heavy atom. The Labute approximate surface area is 179 Å². The average Bonchev–Trinajstić information content (AvgIpc) is 2.78. The van der Waals surface area contributed by atoms with E-state index in [0.29, 0.717) is 0 Å². The highest BCUT2D eigenvalue weighted by Crippen LogP contribution is 2.49. The van der Waals surface area contributed by atoms with Crippen LogP contribution in [0, 0.1) is 0 Å². The van der Waals surface area contributed by atoms with Crippen molar-refractivity contribution < 1.29 is 4.74 Å². The van der Waals surface area contributed by atoms with Crippen molar-refractivity contribution in [2.24, 2.45) is 0 Å². The minimum Gasteiger partial charge on any atom is -0.473 e. The molecular formula is C28H26OSi. The molecule has 0 saturated heterocycles. The molecule has 0 aromatic heterocycles. The molecule has 0 spiro atoms. The number of benzene rings is 4. The molecule has 0 unspecified atom stereocenters. The molecule has 0 aliphatic carbocycles. The highest BCUT2D eigenvalue weighted by Gasteiger charge is 2.42. The van der Waals surface area contributed by atoms with Gasteiger partial charge in [0.05, 0.1) is 8.07 Å². The van der Waals surface area contributed by atoms with Crippen LogP contribution in [0.2, 0.25) is 19.6 Å². The summed E-state index contributed by atoms with van der Waals surface area (Å²) < 4.78 is 6.97. The van der Waals surface area contributed by atoms with Gasteiger partial charge in [0.2, 0.25) is 0 Å². The maximum atomic E-state index is 6.97. The fourth-order valence-corrected chi connectivity index (χ4v) is 6.15. The molecule has 4 aromatic carbocycles. The van der Waals surface area contributed by atoms with Gasteiger partial charge in [-0.3, -0.25) is 0 Å². The van der Waals surface area contributed by atoms with E-state index in [1.807, 2.05) is 0 Å². The predicted octanol–water partition coefficient (Wildman–Crippen LogP) is 7.44. The second kappa shape index (κ2) is 7.00. The normalized spacial score (nSPS) is 15.2. The third-order valence-corrected chi connectivity index (χ3v) is 8.00. The third-order valence-electron chi connectivity index (χ3n) is 5.99. The number of fused-ring (bicyclic) bond motifs is 3. The van der Waals surface area contributed by atoms with Crippen LogP contribution in [-0.4, -0.2) is 8.07 Å². The van der Waals surface area contributed by atoms with E-state index in [1.54, 1.807) is 0 Å². The smallest absolute Gasteiger partial charge is 0.178 e. The van der Waals surface area contributed by atoms with Crippen LogP contribution in [-0.2, 0) is 5.60 Å². The summed E-state index contributed by atoms with van der Waals surface area (Å²) in [6.07, 6.45) is 2.42. The van der Waals surface area contributed by atoms with E-state index >= 15 is 0 Å². The van der Waals surface area contributed by atoms with Crippen molar-refractivity contribution in [1.82, 2.24) is 0 Å². The second-order valence-electron chi connectivity index (χ2n) is 9.04. The van der Waals surface area contributed by atoms with Gasteiger partial charge in [0.15, 0.2) is 5.60 Å². The fraction of sp³-hybridized carbons (Fsp3) is 0.143. The number of ether oxygens (including phenoxy) is 1. The molecule has 0 fully saturated rings. The first kappa shape index (κ1) is 18.9. The molecule has 0 amide bonds. The van der Waals surface area contributed by atoms with E-state index < -0.39 is 13.7 Å². The molecule has 0 atom stereocenters. The van der Waals surface area contributed by atoms with Gasteiger partial charge in [0, 0.05) is 16.7 Å². The Morgan fingerprint density at radius 1 is 0.633 bits per heavy atom. The van der Waals surface area contributed by atoms with Crippen LogP contribution in [0.25, 0.3) is 16.0 Å². The lowest BCUT2D eigenvalue weighted by molar-refractivity contribution is 0.161. The van der Waals surface area contributed by atoms with Crippen molar-refractivity contribution in [2.45, 2.75) is 25.2 Å². The Kier molecular flexibility index (Phi) is 4.41. The van der Waals surface area contributed by atoms with Crippen LogP contribution in [0.4, 0.5) is 0 Å². The molecule has 0 bridgehead atoms.